The Kier molecular flexibility index (Phi) is 3.85. The quantitative estimate of drug-likeness (QED) is 0.825. The second-order valence-corrected chi connectivity index (χ2v) is 5.20. The second kappa shape index (κ2) is 5.76. The Hall–Kier alpha value is -1.32. The van der Waals surface area contributed by atoms with E-state index in [1.54, 1.807) is 0 Å². The first-order chi connectivity index (χ1) is 9.38. The molecule has 0 saturated heterocycles. The zero-order chi connectivity index (χ0) is 13.1. The van der Waals surface area contributed by atoms with Gasteiger partial charge in [0.25, 0.3) is 0 Å². The van der Waals surface area contributed by atoms with Crippen LogP contribution in [-0.2, 0) is 17.8 Å². The van der Waals surface area contributed by atoms with E-state index in [4.69, 9.17) is 9.25 Å². The Morgan fingerprint density at radius 3 is 2.84 bits per heavy atom. The molecule has 0 aliphatic heterocycles. The SMILES string of the molecule is CCc1oc2ccccc2c1CNOC1CCCC1. The van der Waals surface area contributed by atoms with Gasteiger partial charge in [-0.05, 0) is 18.9 Å². The summed E-state index contributed by atoms with van der Waals surface area (Å²) < 4.78 is 5.88. The molecule has 2 aromatic rings. The molecule has 3 heteroatoms. The molecule has 102 valence electrons. The zero-order valence-corrected chi connectivity index (χ0v) is 11.4. The highest BCUT2D eigenvalue weighted by atomic mass is 16.7. The average Bonchev–Trinajstić information content (AvgIpc) is 3.06. The van der Waals surface area contributed by atoms with E-state index >= 15 is 0 Å². The Balaban J connectivity index is 1.71. The maximum Gasteiger partial charge on any atom is 0.134 e. The van der Waals surface area contributed by atoms with Crippen molar-refractivity contribution in [2.75, 3.05) is 0 Å². The van der Waals surface area contributed by atoms with Crippen LogP contribution in [0.2, 0.25) is 0 Å². The molecule has 0 amide bonds. The van der Waals surface area contributed by atoms with Crippen LogP contribution in [0.15, 0.2) is 28.7 Å². The first-order valence-electron chi connectivity index (χ1n) is 7.26. The molecule has 0 radical (unpaired) electrons. The number of hydrogen-bond donors (Lipinski definition) is 1. The highest BCUT2D eigenvalue weighted by Gasteiger charge is 2.17. The van der Waals surface area contributed by atoms with Gasteiger partial charge in [-0.25, -0.2) is 0 Å². The van der Waals surface area contributed by atoms with Crippen LogP contribution in [0.3, 0.4) is 0 Å². The molecule has 1 heterocycles. The lowest BCUT2D eigenvalue weighted by Crippen LogP contribution is -2.21. The lowest BCUT2D eigenvalue weighted by atomic mass is 10.1. The topological polar surface area (TPSA) is 34.4 Å². The minimum Gasteiger partial charge on any atom is -0.461 e. The maximum atomic E-state index is 5.88. The van der Waals surface area contributed by atoms with Gasteiger partial charge in [0.15, 0.2) is 0 Å². The van der Waals surface area contributed by atoms with Crippen LogP contribution in [0.5, 0.6) is 0 Å². The van der Waals surface area contributed by atoms with Crippen LogP contribution >= 0.6 is 0 Å². The van der Waals surface area contributed by atoms with Gasteiger partial charge in [0.05, 0.1) is 12.6 Å². The molecule has 0 unspecified atom stereocenters. The molecule has 1 fully saturated rings. The monoisotopic (exact) mass is 259 g/mol. The van der Waals surface area contributed by atoms with Gasteiger partial charge in [0, 0.05) is 17.4 Å². The van der Waals surface area contributed by atoms with Gasteiger partial charge < -0.3 is 4.42 Å². The van der Waals surface area contributed by atoms with Crippen LogP contribution in [-0.4, -0.2) is 6.10 Å². The maximum absolute atomic E-state index is 5.88. The number of fused-ring (bicyclic) bond motifs is 1. The standard InChI is InChI=1S/C16H21NO2/c1-2-15-14(11-17-19-12-7-3-4-8-12)13-9-5-6-10-16(13)18-15/h5-6,9-10,12,17H,2-4,7-8,11H2,1H3. The number of rotatable bonds is 5. The molecule has 1 aliphatic carbocycles. The van der Waals surface area contributed by atoms with Crippen molar-refractivity contribution in [2.45, 2.75) is 51.7 Å². The van der Waals surface area contributed by atoms with E-state index in [0.717, 1.165) is 24.3 Å². The predicted octanol–water partition coefficient (Wildman–Crippen LogP) is 3.96. The van der Waals surface area contributed by atoms with Crippen molar-refractivity contribution in [3.63, 3.8) is 0 Å². The van der Waals surface area contributed by atoms with E-state index in [2.05, 4.69) is 24.5 Å². The minimum atomic E-state index is 0.392. The zero-order valence-electron chi connectivity index (χ0n) is 11.4. The van der Waals surface area contributed by atoms with Gasteiger partial charge in [-0.15, -0.1) is 0 Å². The number of aryl methyl sites for hydroxylation is 1. The summed E-state index contributed by atoms with van der Waals surface area (Å²) in [6.45, 7) is 2.84. The molecule has 3 rings (SSSR count). The van der Waals surface area contributed by atoms with E-state index in [1.165, 1.54) is 36.6 Å². The molecule has 0 atom stereocenters. The lowest BCUT2D eigenvalue weighted by molar-refractivity contribution is -0.0244. The van der Waals surface area contributed by atoms with Crippen molar-refractivity contribution < 1.29 is 9.25 Å². The van der Waals surface area contributed by atoms with Crippen molar-refractivity contribution in [1.82, 2.24) is 5.48 Å². The smallest absolute Gasteiger partial charge is 0.134 e. The van der Waals surface area contributed by atoms with Crippen molar-refractivity contribution >= 4 is 11.0 Å². The highest BCUT2D eigenvalue weighted by Crippen LogP contribution is 2.26. The van der Waals surface area contributed by atoms with E-state index in [9.17, 15) is 0 Å². The lowest BCUT2D eigenvalue weighted by Gasteiger charge is -2.11. The molecule has 1 N–H and O–H groups in total. The average molecular weight is 259 g/mol. The van der Waals surface area contributed by atoms with Gasteiger partial charge in [-0.1, -0.05) is 38.0 Å². The molecule has 0 spiro atoms. The number of hydrogen-bond acceptors (Lipinski definition) is 3. The van der Waals surface area contributed by atoms with Crippen molar-refractivity contribution in [3.05, 3.63) is 35.6 Å². The van der Waals surface area contributed by atoms with Crippen LogP contribution in [0.1, 0.15) is 43.9 Å². The molecule has 0 bridgehead atoms. The third-order valence-corrected chi connectivity index (χ3v) is 3.90. The van der Waals surface area contributed by atoms with Gasteiger partial charge in [-0.3, -0.25) is 4.84 Å². The van der Waals surface area contributed by atoms with E-state index in [1.807, 2.05) is 12.1 Å². The van der Waals surface area contributed by atoms with Gasteiger partial charge in [0.1, 0.15) is 11.3 Å². The number of benzene rings is 1. The highest BCUT2D eigenvalue weighted by molar-refractivity contribution is 5.82. The van der Waals surface area contributed by atoms with Gasteiger partial charge in [0.2, 0.25) is 0 Å². The van der Waals surface area contributed by atoms with Crippen molar-refractivity contribution in [1.29, 1.82) is 0 Å². The summed E-state index contributed by atoms with van der Waals surface area (Å²) in [5, 5.41) is 1.20. The Morgan fingerprint density at radius 1 is 1.26 bits per heavy atom. The summed E-state index contributed by atoms with van der Waals surface area (Å²) >= 11 is 0. The minimum absolute atomic E-state index is 0.392. The fraction of sp³-hybridized carbons (Fsp3) is 0.500. The summed E-state index contributed by atoms with van der Waals surface area (Å²) in [5.41, 5.74) is 5.34. The van der Waals surface area contributed by atoms with Crippen molar-refractivity contribution in [3.8, 4) is 0 Å². The van der Waals surface area contributed by atoms with E-state index in [0.29, 0.717) is 6.10 Å². The molecule has 1 aromatic carbocycles. The fourth-order valence-corrected chi connectivity index (χ4v) is 2.87. The number of furan rings is 1. The molecule has 3 nitrogen and oxygen atoms in total. The van der Waals surface area contributed by atoms with Gasteiger partial charge in [-0.2, -0.15) is 5.48 Å². The van der Waals surface area contributed by atoms with Crippen LogP contribution in [0.4, 0.5) is 0 Å². The van der Waals surface area contributed by atoms with Crippen LogP contribution in [0.25, 0.3) is 11.0 Å². The molecule has 1 aliphatic rings. The normalized spacial score (nSPS) is 16.5. The summed E-state index contributed by atoms with van der Waals surface area (Å²) in [7, 11) is 0. The second-order valence-electron chi connectivity index (χ2n) is 5.20. The van der Waals surface area contributed by atoms with Gasteiger partial charge >= 0.3 is 0 Å². The number of hydroxylamine groups is 1. The van der Waals surface area contributed by atoms with Crippen LogP contribution < -0.4 is 5.48 Å². The molecule has 1 aromatic heterocycles. The van der Waals surface area contributed by atoms with E-state index in [-0.39, 0.29) is 0 Å². The number of nitrogens with one attached hydrogen (secondary N) is 1. The first-order valence-corrected chi connectivity index (χ1v) is 7.26. The third kappa shape index (κ3) is 2.67. The molecular formula is C16H21NO2. The first kappa shape index (κ1) is 12.7. The largest absolute Gasteiger partial charge is 0.461 e. The summed E-state index contributed by atoms with van der Waals surface area (Å²) in [6.07, 6.45) is 6.25. The summed E-state index contributed by atoms with van der Waals surface area (Å²) in [4.78, 5) is 5.73. The Bertz CT molecular complexity index is 541. The fourth-order valence-electron chi connectivity index (χ4n) is 2.87. The van der Waals surface area contributed by atoms with Crippen LogP contribution in [0, 0.1) is 0 Å². The molecule has 1 saturated carbocycles. The Labute approximate surface area is 113 Å². The molecular weight excluding hydrogens is 238 g/mol. The summed E-state index contributed by atoms with van der Waals surface area (Å²) in [5.74, 6) is 1.06. The van der Waals surface area contributed by atoms with E-state index < -0.39 is 0 Å². The Morgan fingerprint density at radius 2 is 2.05 bits per heavy atom. The summed E-state index contributed by atoms with van der Waals surface area (Å²) in [6, 6.07) is 8.20. The predicted molar refractivity (Wildman–Crippen MR) is 75.8 cm³/mol. The number of para-hydroxylation sites is 1. The molecule has 19 heavy (non-hydrogen) atoms. The third-order valence-electron chi connectivity index (χ3n) is 3.90. The van der Waals surface area contributed by atoms with Crippen molar-refractivity contribution in [2.24, 2.45) is 0 Å².